The van der Waals surface area contributed by atoms with Crippen LogP contribution in [0.5, 0.6) is 0 Å². The highest BCUT2D eigenvalue weighted by atomic mass is 32.2. The van der Waals surface area contributed by atoms with Gasteiger partial charge in [-0.25, -0.2) is 0 Å². The molecule has 192 valence electrons. The molecule has 0 amide bonds. The Balaban J connectivity index is 1.47. The summed E-state index contributed by atoms with van der Waals surface area (Å²) in [5, 5.41) is 2.52. The van der Waals surface area contributed by atoms with Crippen molar-refractivity contribution in [2.45, 2.75) is 69.4 Å². The standard InChI is InChI=1S/C30H38O4SSi/c1-24-15-21-27(22-16-24)35(31,32)33-23-25-17-19-26(20-18-25)34-36(30(2,3)4,28-11-7-5-8-12-28)29-13-9-6-10-14-29/h5-16,21-22,25-26H,17-20,23H2,1-4H3. The highest BCUT2D eigenvalue weighted by Crippen LogP contribution is 2.40. The third-order valence-electron chi connectivity index (χ3n) is 7.32. The molecule has 0 aliphatic heterocycles. The lowest BCUT2D eigenvalue weighted by Crippen LogP contribution is -2.67. The molecule has 0 unspecified atom stereocenters. The third kappa shape index (κ3) is 5.83. The van der Waals surface area contributed by atoms with Gasteiger partial charge in [0, 0.05) is 6.10 Å². The molecule has 0 radical (unpaired) electrons. The normalized spacial score (nSPS) is 19.2. The van der Waals surface area contributed by atoms with Crippen LogP contribution in [0.1, 0.15) is 52.0 Å². The zero-order valence-electron chi connectivity index (χ0n) is 21.8. The second kappa shape index (κ2) is 11.0. The maximum atomic E-state index is 12.6. The van der Waals surface area contributed by atoms with E-state index in [1.807, 2.05) is 6.92 Å². The molecule has 4 rings (SSSR count). The summed E-state index contributed by atoms with van der Waals surface area (Å²) >= 11 is 0. The molecule has 4 nitrogen and oxygen atoms in total. The lowest BCUT2D eigenvalue weighted by atomic mass is 9.88. The summed E-state index contributed by atoms with van der Waals surface area (Å²) in [6, 6.07) is 28.3. The maximum Gasteiger partial charge on any atom is 0.296 e. The van der Waals surface area contributed by atoms with Crippen molar-refractivity contribution in [1.29, 1.82) is 0 Å². The summed E-state index contributed by atoms with van der Waals surface area (Å²) in [4.78, 5) is 0.219. The minimum absolute atomic E-state index is 0.0578. The molecule has 0 saturated heterocycles. The molecule has 36 heavy (non-hydrogen) atoms. The molecule has 0 heterocycles. The van der Waals surface area contributed by atoms with Gasteiger partial charge in [0.1, 0.15) is 0 Å². The Kier molecular flexibility index (Phi) is 8.20. The van der Waals surface area contributed by atoms with Gasteiger partial charge < -0.3 is 4.43 Å². The van der Waals surface area contributed by atoms with Crippen LogP contribution in [0.2, 0.25) is 5.04 Å². The van der Waals surface area contributed by atoms with Gasteiger partial charge in [0.05, 0.1) is 11.5 Å². The van der Waals surface area contributed by atoms with Crippen molar-refractivity contribution < 1.29 is 17.0 Å². The van der Waals surface area contributed by atoms with Crippen molar-refractivity contribution >= 4 is 28.8 Å². The zero-order valence-corrected chi connectivity index (χ0v) is 23.6. The first-order valence-electron chi connectivity index (χ1n) is 12.9. The molecule has 1 saturated carbocycles. The molecule has 3 aromatic rings. The molecule has 1 aliphatic rings. The number of aryl methyl sites for hydroxylation is 1. The van der Waals surface area contributed by atoms with Gasteiger partial charge in [-0.1, -0.05) is 99.1 Å². The van der Waals surface area contributed by atoms with Gasteiger partial charge in [0.25, 0.3) is 18.4 Å². The van der Waals surface area contributed by atoms with E-state index >= 15 is 0 Å². The second-order valence-corrected chi connectivity index (χ2v) is 16.8. The van der Waals surface area contributed by atoms with Gasteiger partial charge in [-0.3, -0.25) is 4.18 Å². The summed E-state index contributed by atoms with van der Waals surface area (Å²) in [6.45, 7) is 9.06. The first kappa shape index (κ1) is 26.8. The Morgan fingerprint density at radius 2 is 1.28 bits per heavy atom. The van der Waals surface area contributed by atoms with Crippen molar-refractivity contribution in [1.82, 2.24) is 0 Å². The second-order valence-electron chi connectivity index (χ2n) is 11.0. The van der Waals surface area contributed by atoms with Crippen LogP contribution in [0.4, 0.5) is 0 Å². The summed E-state index contributed by atoms with van der Waals surface area (Å²) < 4.78 is 38.0. The van der Waals surface area contributed by atoms with Crippen molar-refractivity contribution in [3.63, 3.8) is 0 Å². The predicted octanol–water partition coefficient (Wildman–Crippen LogP) is 5.84. The molecule has 0 N–H and O–H groups in total. The molecular weight excluding hydrogens is 484 g/mol. The fourth-order valence-corrected chi connectivity index (χ4v) is 11.0. The fraction of sp³-hybridized carbons (Fsp3) is 0.400. The van der Waals surface area contributed by atoms with Crippen LogP contribution in [0, 0.1) is 12.8 Å². The molecule has 6 heteroatoms. The molecule has 0 bridgehead atoms. The van der Waals surface area contributed by atoms with E-state index in [9.17, 15) is 8.42 Å². The van der Waals surface area contributed by atoms with Crippen LogP contribution in [0.3, 0.4) is 0 Å². The molecule has 3 aromatic carbocycles. The average Bonchev–Trinajstić information content (AvgIpc) is 2.87. The van der Waals surface area contributed by atoms with Crippen molar-refractivity contribution in [2.24, 2.45) is 5.92 Å². The minimum Gasteiger partial charge on any atom is -0.404 e. The van der Waals surface area contributed by atoms with Crippen molar-refractivity contribution in [3.8, 4) is 0 Å². The molecule has 0 spiro atoms. The Morgan fingerprint density at radius 1 is 0.778 bits per heavy atom. The van der Waals surface area contributed by atoms with E-state index < -0.39 is 18.4 Å². The maximum absolute atomic E-state index is 12.6. The quantitative estimate of drug-likeness (QED) is 0.276. The van der Waals surface area contributed by atoms with E-state index in [0.717, 1.165) is 31.2 Å². The van der Waals surface area contributed by atoms with Crippen LogP contribution < -0.4 is 10.4 Å². The van der Waals surface area contributed by atoms with Gasteiger partial charge in [-0.2, -0.15) is 8.42 Å². The smallest absolute Gasteiger partial charge is 0.296 e. The highest BCUT2D eigenvalue weighted by molar-refractivity contribution is 7.86. The van der Waals surface area contributed by atoms with E-state index in [1.54, 1.807) is 24.3 Å². The monoisotopic (exact) mass is 522 g/mol. The van der Waals surface area contributed by atoms with E-state index in [4.69, 9.17) is 8.61 Å². The van der Waals surface area contributed by atoms with Crippen molar-refractivity contribution in [3.05, 3.63) is 90.5 Å². The van der Waals surface area contributed by atoms with Crippen LogP contribution in [-0.4, -0.2) is 29.4 Å². The lowest BCUT2D eigenvalue weighted by Gasteiger charge is -2.46. The molecule has 0 aromatic heterocycles. The van der Waals surface area contributed by atoms with Gasteiger partial charge in [-0.05, 0) is 66.1 Å². The molecule has 1 aliphatic carbocycles. The Bertz CT molecular complexity index is 1170. The number of benzene rings is 3. The molecular formula is C30H38O4SSi. The summed E-state index contributed by atoms with van der Waals surface area (Å²) in [7, 11) is -6.32. The van der Waals surface area contributed by atoms with Crippen LogP contribution in [-0.2, 0) is 18.7 Å². The van der Waals surface area contributed by atoms with E-state index in [1.165, 1.54) is 10.4 Å². The van der Waals surface area contributed by atoms with Crippen LogP contribution >= 0.6 is 0 Å². The van der Waals surface area contributed by atoms with Gasteiger partial charge in [0.15, 0.2) is 0 Å². The number of hydrogen-bond acceptors (Lipinski definition) is 4. The lowest BCUT2D eigenvalue weighted by molar-refractivity contribution is 0.103. The average molecular weight is 523 g/mol. The number of rotatable bonds is 8. The van der Waals surface area contributed by atoms with Gasteiger partial charge >= 0.3 is 0 Å². The first-order chi connectivity index (χ1) is 17.1. The third-order valence-corrected chi connectivity index (χ3v) is 13.7. The van der Waals surface area contributed by atoms with Crippen LogP contribution in [0.25, 0.3) is 0 Å². The fourth-order valence-electron chi connectivity index (χ4n) is 5.32. The minimum atomic E-state index is -3.73. The predicted molar refractivity (Wildman–Crippen MR) is 149 cm³/mol. The van der Waals surface area contributed by atoms with E-state index in [0.29, 0.717) is 0 Å². The van der Waals surface area contributed by atoms with Gasteiger partial charge in [0.2, 0.25) is 0 Å². The SMILES string of the molecule is Cc1ccc(S(=O)(=O)OCC2CCC(O[Si](c3ccccc3)(c3ccccc3)C(C)(C)C)CC2)cc1. The summed E-state index contributed by atoms with van der Waals surface area (Å²) in [5.41, 5.74) is 1.02. The number of hydrogen-bond donors (Lipinski definition) is 0. The Labute approximate surface area is 217 Å². The summed E-state index contributed by atoms with van der Waals surface area (Å²) in [5.74, 6) is 0.212. The molecule has 0 atom stereocenters. The largest absolute Gasteiger partial charge is 0.404 e. The molecule has 1 fully saturated rings. The highest BCUT2D eigenvalue weighted by Gasteiger charge is 2.51. The van der Waals surface area contributed by atoms with E-state index in [-0.39, 0.29) is 28.6 Å². The van der Waals surface area contributed by atoms with Crippen molar-refractivity contribution in [2.75, 3.05) is 6.61 Å². The van der Waals surface area contributed by atoms with Crippen LogP contribution in [0.15, 0.2) is 89.8 Å². The van der Waals surface area contributed by atoms with Gasteiger partial charge in [-0.15, -0.1) is 0 Å². The Hall–Kier alpha value is -2.25. The zero-order chi connectivity index (χ0) is 25.8. The Morgan fingerprint density at radius 3 is 1.75 bits per heavy atom. The van der Waals surface area contributed by atoms with E-state index in [2.05, 4.69) is 81.4 Å². The summed E-state index contributed by atoms with van der Waals surface area (Å²) in [6.07, 6.45) is 3.74. The topological polar surface area (TPSA) is 52.6 Å². The first-order valence-corrected chi connectivity index (χ1v) is 16.2.